The molecule has 1 fully saturated rings. The van der Waals surface area contributed by atoms with Gasteiger partial charge in [-0.25, -0.2) is 19.8 Å². The van der Waals surface area contributed by atoms with Crippen LogP contribution in [0.1, 0.15) is 31.7 Å². The van der Waals surface area contributed by atoms with Crippen LogP contribution in [0.15, 0.2) is 24.7 Å². The second-order valence-corrected chi connectivity index (χ2v) is 8.75. The fourth-order valence-corrected chi connectivity index (χ4v) is 4.40. The number of carbonyl (C=O) groups excluding carboxylic acids is 1. The number of aromatic amines is 1. The van der Waals surface area contributed by atoms with Gasteiger partial charge in [0.15, 0.2) is 0 Å². The number of rotatable bonds is 7. The van der Waals surface area contributed by atoms with Crippen molar-refractivity contribution >= 4 is 28.6 Å². The number of aromatic nitrogens is 4. The van der Waals surface area contributed by atoms with Gasteiger partial charge in [0.2, 0.25) is 17.5 Å². The van der Waals surface area contributed by atoms with Crippen LogP contribution in [0.2, 0.25) is 0 Å². The summed E-state index contributed by atoms with van der Waals surface area (Å²) in [5.41, 5.74) is 0.0705. The van der Waals surface area contributed by atoms with Crippen LogP contribution in [0.3, 0.4) is 0 Å². The number of methoxy groups -OCH3 is 1. The Labute approximate surface area is 205 Å². The number of likely N-dealkylation sites (tertiary alicyclic amines) is 1. The number of piperidine rings is 1. The monoisotopic (exact) mass is 501 g/mol. The Kier molecular flexibility index (Phi) is 7.40. The van der Waals surface area contributed by atoms with Crippen LogP contribution < -0.4 is 5.32 Å². The van der Waals surface area contributed by atoms with E-state index in [1.807, 2.05) is 11.8 Å². The maximum absolute atomic E-state index is 13.2. The number of anilines is 1. The second kappa shape index (κ2) is 10.5. The molecule has 4 heterocycles. The largest absolute Gasteiger partial charge is 0.417 e. The Bertz CT molecular complexity index is 1280. The standard InChI is InChI=1S/C24H26F3N7O2/c1-14(15-4-7-34(8-5-15)20(35)6-9-36-3)32-23-31-13-19(28-2)21(33-23)18-12-30-22-17(18)10-16(11-29-22)24(25,26)27/h10-15H,4-9H2,1,3H3,(H,29,30)(H,31,32,33). The summed E-state index contributed by atoms with van der Waals surface area (Å²) < 4.78 is 44.7. The first-order valence-electron chi connectivity index (χ1n) is 11.5. The molecule has 0 bridgehead atoms. The molecule has 3 aromatic heterocycles. The molecule has 2 N–H and O–H groups in total. The minimum atomic E-state index is -4.55. The zero-order valence-electron chi connectivity index (χ0n) is 19.9. The van der Waals surface area contributed by atoms with Crippen molar-refractivity contribution in [1.82, 2.24) is 24.8 Å². The Morgan fingerprint density at radius 2 is 2.08 bits per heavy atom. The topological polar surface area (TPSA) is 100 Å². The van der Waals surface area contributed by atoms with E-state index in [0.29, 0.717) is 31.7 Å². The third-order valence-corrected chi connectivity index (χ3v) is 6.48. The number of H-pyrrole nitrogens is 1. The molecule has 1 unspecified atom stereocenters. The van der Waals surface area contributed by atoms with E-state index in [1.54, 1.807) is 7.11 Å². The van der Waals surface area contributed by atoms with Crippen LogP contribution in [0.5, 0.6) is 0 Å². The SMILES string of the molecule is [C-]#[N+]c1cnc(NC(C)C2CCN(C(=O)CCOC)CC2)nc1-c1c[nH]c2ncc(C(F)(F)F)cc12. The molecule has 0 aromatic carbocycles. The van der Waals surface area contributed by atoms with E-state index in [-0.39, 0.29) is 46.2 Å². The summed E-state index contributed by atoms with van der Waals surface area (Å²) in [4.78, 5) is 33.0. The van der Waals surface area contributed by atoms with E-state index in [0.717, 1.165) is 25.1 Å². The number of hydrogen-bond acceptors (Lipinski definition) is 6. The summed E-state index contributed by atoms with van der Waals surface area (Å²) in [5, 5.41) is 3.49. The van der Waals surface area contributed by atoms with Crippen molar-refractivity contribution in [2.24, 2.45) is 5.92 Å². The first-order valence-corrected chi connectivity index (χ1v) is 11.5. The van der Waals surface area contributed by atoms with Crippen molar-refractivity contribution < 1.29 is 22.7 Å². The Hall–Kier alpha value is -3.72. The summed E-state index contributed by atoms with van der Waals surface area (Å²) in [6.07, 6.45) is 1.08. The number of nitrogens with zero attached hydrogens (tertiary/aromatic N) is 5. The molecule has 12 heteroatoms. The molecule has 0 saturated carbocycles. The van der Waals surface area contributed by atoms with E-state index < -0.39 is 11.7 Å². The molecule has 1 aliphatic heterocycles. The molecule has 190 valence electrons. The summed E-state index contributed by atoms with van der Waals surface area (Å²) in [6, 6.07) is 0.982. The summed E-state index contributed by atoms with van der Waals surface area (Å²) in [5.74, 6) is 0.633. The van der Waals surface area contributed by atoms with Gasteiger partial charge in [0.1, 0.15) is 5.65 Å². The van der Waals surface area contributed by atoms with Crippen molar-refractivity contribution in [3.8, 4) is 11.3 Å². The molecule has 1 aliphatic rings. The van der Waals surface area contributed by atoms with Crippen LogP contribution in [-0.4, -0.2) is 63.6 Å². The molecule has 1 amide bonds. The second-order valence-electron chi connectivity index (χ2n) is 8.75. The molecule has 9 nitrogen and oxygen atoms in total. The average Bonchev–Trinajstić information content (AvgIpc) is 3.30. The molecule has 4 rings (SSSR count). The van der Waals surface area contributed by atoms with Crippen molar-refractivity contribution in [2.75, 3.05) is 32.1 Å². The molecule has 1 saturated heterocycles. The molecular weight excluding hydrogens is 475 g/mol. The first kappa shape index (κ1) is 25.4. The van der Waals surface area contributed by atoms with Crippen molar-refractivity contribution in [3.05, 3.63) is 41.6 Å². The lowest BCUT2D eigenvalue weighted by molar-refractivity contribution is -0.137. The fraction of sp³-hybridized carbons (Fsp3) is 0.458. The number of hydrogen-bond donors (Lipinski definition) is 2. The molecule has 1 atom stereocenters. The van der Waals surface area contributed by atoms with Gasteiger partial charge in [0, 0.05) is 55.8 Å². The highest BCUT2D eigenvalue weighted by atomic mass is 19.4. The van der Waals surface area contributed by atoms with Crippen LogP contribution in [-0.2, 0) is 15.7 Å². The lowest BCUT2D eigenvalue weighted by atomic mass is 9.90. The Balaban J connectivity index is 1.52. The van der Waals surface area contributed by atoms with E-state index in [2.05, 4.69) is 30.1 Å². The fourth-order valence-electron chi connectivity index (χ4n) is 4.40. The molecular formula is C24H26F3N7O2. The number of alkyl halides is 3. The van der Waals surface area contributed by atoms with Gasteiger partial charge in [0.05, 0.1) is 30.9 Å². The van der Waals surface area contributed by atoms with Crippen molar-refractivity contribution in [2.45, 2.75) is 38.4 Å². The Morgan fingerprint density at radius 1 is 1.33 bits per heavy atom. The normalized spacial score (nSPS) is 15.6. The van der Waals surface area contributed by atoms with Gasteiger partial charge in [0.25, 0.3) is 0 Å². The minimum Gasteiger partial charge on any atom is -0.384 e. The van der Waals surface area contributed by atoms with Gasteiger partial charge >= 0.3 is 6.18 Å². The van der Waals surface area contributed by atoms with E-state index >= 15 is 0 Å². The highest BCUT2D eigenvalue weighted by molar-refractivity contribution is 5.96. The number of halogens is 3. The van der Waals surface area contributed by atoms with Crippen molar-refractivity contribution in [1.29, 1.82) is 0 Å². The summed E-state index contributed by atoms with van der Waals surface area (Å²) in [6.45, 7) is 11.2. The molecule has 0 spiro atoms. The van der Waals surface area contributed by atoms with Gasteiger partial charge < -0.3 is 19.9 Å². The Morgan fingerprint density at radius 3 is 2.75 bits per heavy atom. The predicted molar refractivity (Wildman–Crippen MR) is 127 cm³/mol. The van der Waals surface area contributed by atoms with Gasteiger partial charge in [-0.3, -0.25) is 4.79 Å². The number of amides is 1. The van der Waals surface area contributed by atoms with Crippen LogP contribution >= 0.6 is 0 Å². The first-order chi connectivity index (χ1) is 17.2. The maximum atomic E-state index is 13.2. The lowest BCUT2D eigenvalue weighted by Crippen LogP contribution is -2.42. The predicted octanol–water partition coefficient (Wildman–Crippen LogP) is 4.66. The summed E-state index contributed by atoms with van der Waals surface area (Å²) in [7, 11) is 1.57. The minimum absolute atomic E-state index is 0.0191. The van der Waals surface area contributed by atoms with Crippen LogP contribution in [0, 0.1) is 12.5 Å². The number of nitrogens with one attached hydrogen (secondary N) is 2. The highest BCUT2D eigenvalue weighted by Gasteiger charge is 2.32. The quantitative estimate of drug-likeness (QED) is 0.457. The maximum Gasteiger partial charge on any atom is 0.417 e. The third-order valence-electron chi connectivity index (χ3n) is 6.48. The van der Waals surface area contributed by atoms with Gasteiger partial charge in [-0.1, -0.05) is 0 Å². The molecule has 36 heavy (non-hydrogen) atoms. The number of ether oxygens (including phenoxy) is 1. The number of pyridine rings is 1. The average molecular weight is 502 g/mol. The van der Waals surface area contributed by atoms with Crippen LogP contribution in [0.4, 0.5) is 24.8 Å². The van der Waals surface area contributed by atoms with Crippen LogP contribution in [0.25, 0.3) is 27.1 Å². The lowest BCUT2D eigenvalue weighted by Gasteiger charge is -2.35. The molecule has 0 aliphatic carbocycles. The number of carbonyl (C=O) groups is 1. The highest BCUT2D eigenvalue weighted by Crippen LogP contribution is 2.37. The zero-order valence-corrected chi connectivity index (χ0v) is 19.9. The van der Waals surface area contributed by atoms with E-state index in [4.69, 9.17) is 11.3 Å². The summed E-state index contributed by atoms with van der Waals surface area (Å²) >= 11 is 0. The van der Waals surface area contributed by atoms with Crippen molar-refractivity contribution in [3.63, 3.8) is 0 Å². The van der Waals surface area contributed by atoms with E-state index in [9.17, 15) is 18.0 Å². The number of fused-ring (bicyclic) bond motifs is 1. The van der Waals surface area contributed by atoms with E-state index in [1.165, 1.54) is 12.4 Å². The van der Waals surface area contributed by atoms with Gasteiger partial charge in [-0.2, -0.15) is 13.2 Å². The van der Waals surface area contributed by atoms with Gasteiger partial charge in [-0.05, 0) is 31.7 Å². The smallest absolute Gasteiger partial charge is 0.384 e. The molecule has 0 radical (unpaired) electrons. The van der Waals surface area contributed by atoms with Gasteiger partial charge in [-0.15, -0.1) is 0 Å². The molecule has 3 aromatic rings. The zero-order chi connectivity index (χ0) is 25.9. The third kappa shape index (κ3) is 5.41.